The monoisotopic (exact) mass is 466 g/mol. The third kappa shape index (κ3) is 4.94. The number of alkyl halides is 3. The van der Waals surface area contributed by atoms with Crippen molar-refractivity contribution >= 4 is 22.1 Å². The highest BCUT2D eigenvalue weighted by Gasteiger charge is 2.50. The van der Waals surface area contributed by atoms with Crippen LogP contribution in [0.25, 0.3) is 0 Å². The molecule has 1 heterocycles. The lowest BCUT2D eigenvalue weighted by atomic mass is 9.94. The van der Waals surface area contributed by atoms with E-state index in [4.69, 9.17) is 14.6 Å². The third-order valence-electron chi connectivity index (χ3n) is 4.81. The van der Waals surface area contributed by atoms with Crippen LogP contribution in [0, 0.1) is 12.8 Å². The van der Waals surface area contributed by atoms with Gasteiger partial charge in [0.15, 0.2) is 5.75 Å². The van der Waals surface area contributed by atoms with Crippen LogP contribution in [0.1, 0.15) is 47.3 Å². The number of esters is 1. The summed E-state index contributed by atoms with van der Waals surface area (Å²) in [7, 11) is -4.85. The van der Waals surface area contributed by atoms with Gasteiger partial charge in [-0.3, -0.25) is 4.79 Å². The summed E-state index contributed by atoms with van der Waals surface area (Å²) in [6, 6.07) is 0. The molecule has 1 aromatic carbocycles. The van der Waals surface area contributed by atoms with Gasteiger partial charge in [0.1, 0.15) is 17.9 Å². The first-order valence-electron chi connectivity index (χ1n) is 8.99. The molecule has 172 valence electrons. The van der Waals surface area contributed by atoms with Crippen LogP contribution >= 0.6 is 0 Å². The van der Waals surface area contributed by atoms with Crippen LogP contribution in [-0.2, 0) is 32.7 Å². The number of carboxylic acids is 1. The number of allylic oxidation sites excluding steroid dienone is 2. The van der Waals surface area contributed by atoms with E-state index < -0.39 is 44.8 Å². The van der Waals surface area contributed by atoms with Crippen LogP contribution in [0.3, 0.4) is 0 Å². The zero-order valence-electron chi connectivity index (χ0n) is 17.1. The maximum Gasteiger partial charge on any atom is 0.534 e. The molecule has 12 heteroatoms. The van der Waals surface area contributed by atoms with Gasteiger partial charge in [-0.05, 0) is 32.3 Å². The van der Waals surface area contributed by atoms with Gasteiger partial charge < -0.3 is 18.8 Å². The number of carbonyl (C=O) groups is 2. The van der Waals surface area contributed by atoms with Crippen LogP contribution in [0.2, 0.25) is 0 Å². The number of benzene rings is 1. The molecule has 0 saturated heterocycles. The Kier molecular flexibility index (Phi) is 6.94. The van der Waals surface area contributed by atoms with E-state index in [9.17, 15) is 31.2 Å². The predicted molar refractivity (Wildman–Crippen MR) is 101 cm³/mol. The Morgan fingerprint density at radius 1 is 1.32 bits per heavy atom. The molecule has 0 saturated carbocycles. The molecule has 2 rings (SSSR count). The Labute approximate surface area is 176 Å². The number of methoxy groups -OCH3 is 1. The van der Waals surface area contributed by atoms with E-state index >= 15 is 0 Å². The first-order valence-corrected chi connectivity index (χ1v) is 10.4. The molecule has 0 aromatic heterocycles. The highest BCUT2D eigenvalue weighted by atomic mass is 32.2. The molecular formula is C19H21F3O8S. The van der Waals surface area contributed by atoms with E-state index in [0.29, 0.717) is 11.1 Å². The zero-order chi connectivity index (χ0) is 23.7. The number of ether oxygens (including phenoxy) is 2. The molecule has 1 aliphatic rings. The van der Waals surface area contributed by atoms with Gasteiger partial charge in [0.05, 0.1) is 13.0 Å². The van der Waals surface area contributed by atoms with Gasteiger partial charge in [-0.1, -0.05) is 18.6 Å². The average molecular weight is 466 g/mol. The van der Waals surface area contributed by atoms with E-state index in [1.54, 1.807) is 13.8 Å². The summed E-state index contributed by atoms with van der Waals surface area (Å²) in [6.07, 6.45) is 1.49. The molecule has 0 fully saturated rings. The van der Waals surface area contributed by atoms with Crippen molar-refractivity contribution in [2.45, 2.75) is 45.7 Å². The first-order chi connectivity index (χ1) is 14.2. The SMILES string of the molecule is COc1c(C)c2c(c(OS(=O)(=O)C(F)(F)F)c1C/C=C(\C)C[C@H](C)C(=O)O)C(=O)OC2. The average Bonchev–Trinajstić information content (AvgIpc) is 3.03. The van der Waals surface area contributed by atoms with Gasteiger partial charge in [-0.2, -0.15) is 21.6 Å². The Morgan fingerprint density at radius 3 is 2.45 bits per heavy atom. The van der Waals surface area contributed by atoms with Crippen LogP contribution in [0.4, 0.5) is 13.2 Å². The second-order valence-electron chi connectivity index (χ2n) is 7.08. The summed E-state index contributed by atoms with van der Waals surface area (Å²) in [5.41, 5.74) is -5.10. The molecule has 0 spiro atoms. The molecule has 0 amide bonds. The van der Waals surface area contributed by atoms with Gasteiger partial charge in [-0.25, -0.2) is 4.79 Å². The number of carbonyl (C=O) groups excluding carboxylic acids is 1. The summed E-state index contributed by atoms with van der Waals surface area (Å²) < 4.78 is 76.9. The number of aliphatic carboxylic acids is 1. The van der Waals surface area contributed by atoms with Crippen molar-refractivity contribution in [3.63, 3.8) is 0 Å². The van der Waals surface area contributed by atoms with Crippen molar-refractivity contribution in [3.05, 3.63) is 33.9 Å². The maximum absolute atomic E-state index is 13.0. The summed E-state index contributed by atoms with van der Waals surface area (Å²) in [6.45, 7) is 4.38. The summed E-state index contributed by atoms with van der Waals surface area (Å²) in [4.78, 5) is 23.2. The van der Waals surface area contributed by atoms with Crippen LogP contribution in [0.15, 0.2) is 11.6 Å². The van der Waals surface area contributed by atoms with Crippen molar-refractivity contribution in [3.8, 4) is 11.5 Å². The molecule has 1 N–H and O–H groups in total. The first kappa shape index (κ1) is 24.5. The number of hydrogen-bond donors (Lipinski definition) is 1. The van der Waals surface area contributed by atoms with Crippen molar-refractivity contribution in [1.29, 1.82) is 0 Å². The number of hydrogen-bond acceptors (Lipinski definition) is 7. The standard InChI is InChI=1S/C19H21F3O8S/c1-9(7-10(2)17(23)24)5-6-12-15(28-4)11(3)13-8-29-18(25)14(13)16(12)30-31(26,27)19(20,21)22/h5,10H,6-8H2,1-4H3,(H,23,24)/b9-5+/t10-/m0/s1. The second-order valence-corrected chi connectivity index (χ2v) is 8.61. The second kappa shape index (κ2) is 8.77. The molecule has 1 aromatic rings. The fraction of sp³-hybridized carbons (Fsp3) is 0.474. The molecule has 0 unspecified atom stereocenters. The Hall–Kier alpha value is -2.76. The quantitative estimate of drug-likeness (QED) is 0.268. The highest BCUT2D eigenvalue weighted by Crippen LogP contribution is 2.44. The number of carboxylic acid groups (broad SMARTS) is 1. The van der Waals surface area contributed by atoms with E-state index in [-0.39, 0.29) is 36.3 Å². The molecular weight excluding hydrogens is 445 g/mol. The normalized spacial score (nSPS) is 15.3. The minimum atomic E-state index is -6.09. The highest BCUT2D eigenvalue weighted by molar-refractivity contribution is 7.88. The van der Waals surface area contributed by atoms with Crippen molar-refractivity contribution < 1.29 is 49.9 Å². The Bertz CT molecular complexity index is 1040. The largest absolute Gasteiger partial charge is 0.534 e. The number of rotatable bonds is 8. The minimum Gasteiger partial charge on any atom is -0.496 e. The lowest BCUT2D eigenvalue weighted by Crippen LogP contribution is -2.29. The maximum atomic E-state index is 13.0. The number of fused-ring (bicyclic) bond motifs is 1. The summed E-state index contributed by atoms with van der Waals surface area (Å²) >= 11 is 0. The lowest BCUT2D eigenvalue weighted by molar-refractivity contribution is -0.141. The zero-order valence-corrected chi connectivity index (χ0v) is 17.9. The van der Waals surface area contributed by atoms with E-state index in [0.717, 1.165) is 0 Å². The predicted octanol–water partition coefficient (Wildman–Crippen LogP) is 3.50. The fourth-order valence-electron chi connectivity index (χ4n) is 3.19. The summed E-state index contributed by atoms with van der Waals surface area (Å²) in [5.74, 6) is -3.53. The fourth-order valence-corrected chi connectivity index (χ4v) is 3.69. The molecule has 0 aliphatic carbocycles. The molecule has 0 bridgehead atoms. The van der Waals surface area contributed by atoms with Crippen LogP contribution < -0.4 is 8.92 Å². The van der Waals surface area contributed by atoms with E-state index in [2.05, 4.69) is 4.18 Å². The van der Waals surface area contributed by atoms with Crippen molar-refractivity contribution in [2.75, 3.05) is 7.11 Å². The van der Waals surface area contributed by atoms with Crippen molar-refractivity contribution in [2.24, 2.45) is 5.92 Å². The number of halogens is 3. The molecule has 1 aliphatic heterocycles. The molecule has 1 atom stereocenters. The third-order valence-corrected chi connectivity index (χ3v) is 5.76. The molecule has 8 nitrogen and oxygen atoms in total. The van der Waals surface area contributed by atoms with Crippen LogP contribution in [-0.4, -0.2) is 38.1 Å². The molecule has 0 radical (unpaired) electrons. The number of cyclic esters (lactones) is 1. The van der Waals surface area contributed by atoms with Gasteiger partial charge in [0.2, 0.25) is 0 Å². The van der Waals surface area contributed by atoms with Crippen molar-refractivity contribution in [1.82, 2.24) is 0 Å². The van der Waals surface area contributed by atoms with Crippen LogP contribution in [0.5, 0.6) is 11.5 Å². The Morgan fingerprint density at radius 2 is 1.94 bits per heavy atom. The smallest absolute Gasteiger partial charge is 0.496 e. The van der Waals surface area contributed by atoms with Gasteiger partial charge in [0.25, 0.3) is 0 Å². The van der Waals surface area contributed by atoms with Gasteiger partial charge >= 0.3 is 27.6 Å². The minimum absolute atomic E-state index is 0.0414. The Balaban J connectivity index is 2.66. The summed E-state index contributed by atoms with van der Waals surface area (Å²) in [5, 5.41) is 9.03. The van der Waals surface area contributed by atoms with Gasteiger partial charge in [-0.15, -0.1) is 0 Å². The topological polar surface area (TPSA) is 116 Å². The van der Waals surface area contributed by atoms with E-state index in [1.807, 2.05) is 0 Å². The molecule has 31 heavy (non-hydrogen) atoms. The van der Waals surface area contributed by atoms with Gasteiger partial charge in [0, 0.05) is 11.1 Å². The van der Waals surface area contributed by atoms with E-state index in [1.165, 1.54) is 20.1 Å². The lowest BCUT2D eigenvalue weighted by Gasteiger charge is -2.19.